The Kier molecular flexibility index (Phi) is 6.12. The van der Waals surface area contributed by atoms with Gasteiger partial charge in [0.1, 0.15) is 6.10 Å². The van der Waals surface area contributed by atoms with E-state index in [1.807, 2.05) is 48.5 Å². The van der Waals surface area contributed by atoms with Crippen LogP contribution in [-0.2, 0) is 21.1 Å². The third-order valence-electron chi connectivity index (χ3n) is 5.27. The van der Waals surface area contributed by atoms with Crippen molar-refractivity contribution in [1.82, 2.24) is 10.3 Å². The van der Waals surface area contributed by atoms with Crippen molar-refractivity contribution in [2.24, 2.45) is 5.84 Å². The van der Waals surface area contributed by atoms with Gasteiger partial charge in [0.25, 0.3) is 0 Å². The van der Waals surface area contributed by atoms with Crippen LogP contribution in [0, 0.1) is 0 Å². The van der Waals surface area contributed by atoms with E-state index in [4.69, 9.17) is 10.6 Å². The highest BCUT2D eigenvalue weighted by atomic mass is 79.9. The number of nitrogens with zero attached hydrogens (tertiary/aromatic N) is 2. The monoisotopic (exact) mass is 494 g/mol. The number of amides is 2. The van der Waals surface area contributed by atoms with Gasteiger partial charge in [0, 0.05) is 23.2 Å². The maximum atomic E-state index is 13.3. The topological polar surface area (TPSA) is 108 Å². The second kappa shape index (κ2) is 8.64. The molecule has 2 unspecified atom stereocenters. The lowest BCUT2D eigenvalue weighted by Gasteiger charge is -2.33. The summed E-state index contributed by atoms with van der Waals surface area (Å²) in [6, 6.07) is 15.2. The van der Waals surface area contributed by atoms with Crippen LogP contribution < -0.4 is 16.2 Å². The summed E-state index contributed by atoms with van der Waals surface area (Å²) < 4.78 is 29.8. The number of carbonyl (C=O) groups is 1. The summed E-state index contributed by atoms with van der Waals surface area (Å²) in [5.41, 5.74) is 5.30. The number of benzene rings is 2. The number of sulfone groups is 1. The zero-order valence-electron chi connectivity index (χ0n) is 16.2. The minimum Gasteiger partial charge on any atom is -0.347 e. The van der Waals surface area contributed by atoms with Gasteiger partial charge in [-0.2, -0.15) is 0 Å². The van der Waals surface area contributed by atoms with E-state index in [2.05, 4.69) is 21.4 Å². The fourth-order valence-electron chi connectivity index (χ4n) is 3.48. The van der Waals surface area contributed by atoms with Crippen LogP contribution in [0.4, 0.5) is 10.5 Å². The predicted octanol–water partition coefficient (Wildman–Crippen LogP) is 2.17. The van der Waals surface area contributed by atoms with Crippen LogP contribution in [0.3, 0.4) is 0 Å². The Bertz CT molecular complexity index is 1020. The Balaban J connectivity index is 1.54. The normalized spacial score (nSPS) is 22.5. The van der Waals surface area contributed by atoms with Crippen molar-refractivity contribution in [2.45, 2.75) is 18.9 Å². The molecule has 2 aromatic rings. The van der Waals surface area contributed by atoms with Gasteiger partial charge in [-0.05, 0) is 29.3 Å². The molecule has 0 radical (unpaired) electrons. The van der Waals surface area contributed by atoms with Crippen molar-refractivity contribution in [3.63, 3.8) is 0 Å². The van der Waals surface area contributed by atoms with Crippen LogP contribution in [0.1, 0.15) is 17.2 Å². The average Bonchev–Trinajstić information content (AvgIpc) is 3.52. The van der Waals surface area contributed by atoms with E-state index in [0.29, 0.717) is 6.54 Å². The largest absolute Gasteiger partial charge is 0.347 e. The van der Waals surface area contributed by atoms with Crippen LogP contribution in [-0.4, -0.2) is 50.2 Å². The van der Waals surface area contributed by atoms with E-state index in [9.17, 15) is 13.2 Å². The lowest BCUT2D eigenvalue weighted by Crippen LogP contribution is -2.49. The van der Waals surface area contributed by atoms with Gasteiger partial charge in [-0.3, -0.25) is 10.7 Å². The number of nitrogens with one attached hydrogen (secondary N) is 1. The number of halogens is 1. The summed E-state index contributed by atoms with van der Waals surface area (Å²) in [5.74, 6) is 5.38. The maximum Gasteiger partial charge on any atom is 0.324 e. The molecular weight excluding hydrogens is 472 g/mol. The van der Waals surface area contributed by atoms with Gasteiger partial charge < -0.3 is 9.64 Å². The highest BCUT2D eigenvalue weighted by Crippen LogP contribution is 2.36. The number of epoxide rings is 1. The molecule has 2 heterocycles. The van der Waals surface area contributed by atoms with Crippen LogP contribution >= 0.6 is 15.9 Å². The SMILES string of the molecule is NNC1OC1c1ccc(CN(C(=O)N2CCS(=O)(=O)CC2)c2cccc(Br)c2)cc1. The van der Waals surface area contributed by atoms with Crippen molar-refractivity contribution >= 4 is 37.5 Å². The molecule has 10 heteroatoms. The summed E-state index contributed by atoms with van der Waals surface area (Å²) in [4.78, 5) is 16.6. The number of hydrazine groups is 1. The Morgan fingerprint density at radius 3 is 2.50 bits per heavy atom. The number of urea groups is 1. The molecule has 2 aliphatic heterocycles. The van der Waals surface area contributed by atoms with Gasteiger partial charge in [0.15, 0.2) is 16.1 Å². The van der Waals surface area contributed by atoms with Crippen molar-refractivity contribution in [2.75, 3.05) is 29.5 Å². The van der Waals surface area contributed by atoms with Crippen LogP contribution in [0.5, 0.6) is 0 Å². The second-order valence-electron chi connectivity index (χ2n) is 7.37. The molecule has 0 aromatic heterocycles. The van der Waals surface area contributed by atoms with Gasteiger partial charge in [0.05, 0.1) is 18.1 Å². The lowest BCUT2D eigenvalue weighted by molar-refractivity contribution is 0.208. The number of hydrogen-bond acceptors (Lipinski definition) is 6. The number of carbonyl (C=O) groups excluding carboxylic acids is 1. The van der Waals surface area contributed by atoms with Gasteiger partial charge >= 0.3 is 6.03 Å². The molecule has 30 heavy (non-hydrogen) atoms. The van der Waals surface area contributed by atoms with E-state index in [0.717, 1.165) is 21.3 Å². The zero-order chi connectivity index (χ0) is 21.3. The van der Waals surface area contributed by atoms with Gasteiger partial charge in [-0.15, -0.1) is 0 Å². The van der Waals surface area contributed by atoms with Crippen molar-refractivity contribution in [3.8, 4) is 0 Å². The molecule has 160 valence electrons. The third kappa shape index (κ3) is 4.84. The number of ether oxygens (including phenoxy) is 1. The summed E-state index contributed by atoms with van der Waals surface area (Å²) >= 11 is 3.46. The third-order valence-corrected chi connectivity index (χ3v) is 7.37. The highest BCUT2D eigenvalue weighted by molar-refractivity contribution is 9.10. The molecule has 8 nitrogen and oxygen atoms in total. The molecule has 0 spiro atoms. The smallest absolute Gasteiger partial charge is 0.324 e. The zero-order valence-corrected chi connectivity index (χ0v) is 18.6. The maximum absolute atomic E-state index is 13.3. The summed E-state index contributed by atoms with van der Waals surface area (Å²) in [6.45, 7) is 0.775. The minimum atomic E-state index is -3.06. The standard InChI is InChI=1S/C20H23BrN4O4S/c21-16-2-1-3-17(12-16)25(20(26)24-8-10-30(27,28)11-9-24)13-14-4-6-15(7-5-14)18-19(23-22)29-18/h1-7,12,18-19,23H,8-11,13,22H2. The Morgan fingerprint density at radius 2 is 1.90 bits per heavy atom. The quantitative estimate of drug-likeness (QED) is 0.374. The number of anilines is 1. The molecule has 3 N–H and O–H groups in total. The molecule has 4 rings (SSSR count). The first-order chi connectivity index (χ1) is 14.4. The first-order valence-corrected chi connectivity index (χ1v) is 12.2. The van der Waals surface area contributed by atoms with E-state index < -0.39 is 9.84 Å². The van der Waals surface area contributed by atoms with E-state index in [1.165, 1.54) is 0 Å². The summed E-state index contributed by atoms with van der Waals surface area (Å²) in [6.07, 6.45) is -0.215. The average molecular weight is 495 g/mol. The molecule has 2 aliphatic rings. The van der Waals surface area contributed by atoms with Gasteiger partial charge in [-0.1, -0.05) is 46.3 Å². The second-order valence-corrected chi connectivity index (χ2v) is 10.6. The molecule has 2 atom stereocenters. The Morgan fingerprint density at radius 1 is 1.20 bits per heavy atom. The van der Waals surface area contributed by atoms with Crippen molar-refractivity contribution in [3.05, 3.63) is 64.1 Å². The van der Waals surface area contributed by atoms with Crippen LogP contribution in [0.25, 0.3) is 0 Å². The van der Waals surface area contributed by atoms with Crippen LogP contribution in [0.2, 0.25) is 0 Å². The molecule has 2 fully saturated rings. The first-order valence-electron chi connectivity index (χ1n) is 9.59. The Labute approximate surface area is 184 Å². The summed E-state index contributed by atoms with van der Waals surface area (Å²) in [7, 11) is -3.06. The molecule has 0 saturated carbocycles. The van der Waals surface area contributed by atoms with Gasteiger partial charge in [-0.25, -0.2) is 18.6 Å². The van der Waals surface area contributed by atoms with E-state index in [-0.39, 0.29) is 43.0 Å². The molecule has 0 aliphatic carbocycles. The molecule has 0 bridgehead atoms. The molecule has 2 saturated heterocycles. The van der Waals surface area contributed by atoms with Crippen molar-refractivity contribution < 1.29 is 17.9 Å². The van der Waals surface area contributed by atoms with E-state index in [1.54, 1.807) is 9.80 Å². The minimum absolute atomic E-state index is 0.00249. The van der Waals surface area contributed by atoms with Crippen molar-refractivity contribution in [1.29, 1.82) is 0 Å². The number of nitrogens with two attached hydrogens (primary N) is 1. The van der Waals surface area contributed by atoms with E-state index >= 15 is 0 Å². The molecular formula is C20H23BrN4O4S. The fraction of sp³-hybridized carbons (Fsp3) is 0.350. The molecule has 2 aromatic carbocycles. The number of hydrogen-bond donors (Lipinski definition) is 2. The fourth-order valence-corrected chi connectivity index (χ4v) is 5.06. The lowest BCUT2D eigenvalue weighted by atomic mass is 10.1. The molecule has 2 amide bonds. The highest BCUT2D eigenvalue weighted by Gasteiger charge is 2.39. The Hall–Kier alpha value is -1.98. The van der Waals surface area contributed by atoms with Crippen LogP contribution in [0.15, 0.2) is 53.0 Å². The summed E-state index contributed by atoms with van der Waals surface area (Å²) in [5, 5.41) is 0. The van der Waals surface area contributed by atoms with Gasteiger partial charge in [0.2, 0.25) is 0 Å². The predicted molar refractivity (Wildman–Crippen MR) is 117 cm³/mol. The number of rotatable bonds is 5. The first kappa shape index (κ1) is 21.3.